The van der Waals surface area contributed by atoms with Crippen molar-refractivity contribution < 1.29 is 0 Å². The Kier molecular flexibility index (Phi) is 6.86. The molecule has 0 aliphatic carbocycles. The molecule has 0 aromatic carbocycles. The summed E-state index contributed by atoms with van der Waals surface area (Å²) < 4.78 is 0. The van der Waals surface area contributed by atoms with Gasteiger partial charge in [-0.2, -0.15) is 0 Å². The summed E-state index contributed by atoms with van der Waals surface area (Å²) in [5.41, 5.74) is 0. The second-order valence-electron chi connectivity index (χ2n) is 2.29. The monoisotopic (exact) mass is 145 g/mol. The van der Waals surface area contributed by atoms with Crippen molar-refractivity contribution in [2.24, 2.45) is 0 Å². The molecule has 0 amide bonds. The summed E-state index contributed by atoms with van der Waals surface area (Å²) >= 11 is 0. The van der Waals surface area contributed by atoms with E-state index in [1.54, 1.807) is 0 Å². The van der Waals surface area contributed by atoms with Gasteiger partial charge in [-0.15, -0.1) is 7.92 Å². The lowest BCUT2D eigenvalue weighted by atomic mass is 10.6. The molecule has 0 aromatic rings. The van der Waals surface area contributed by atoms with E-state index < -0.39 is 0 Å². The Morgan fingerprint density at radius 3 is 1.78 bits per heavy atom. The lowest BCUT2D eigenvalue weighted by Crippen LogP contribution is -1.86. The zero-order valence-electron chi connectivity index (χ0n) is 6.85. The van der Waals surface area contributed by atoms with Gasteiger partial charge in [0, 0.05) is 0 Å². The molecule has 0 saturated heterocycles. The van der Waals surface area contributed by atoms with Crippen LogP contribution < -0.4 is 0 Å². The van der Waals surface area contributed by atoms with Crippen molar-refractivity contribution in [3.05, 3.63) is 6.16 Å². The maximum atomic E-state index is 2.41. The summed E-state index contributed by atoms with van der Waals surface area (Å²) in [7, 11) is 0.316. The Balaban J connectivity index is 3.18. The Morgan fingerprint density at radius 2 is 1.56 bits per heavy atom. The minimum Gasteiger partial charge on any atom is -0.103 e. The van der Waals surface area contributed by atoms with Crippen molar-refractivity contribution in [1.29, 1.82) is 0 Å². The van der Waals surface area contributed by atoms with Gasteiger partial charge < -0.3 is 0 Å². The van der Waals surface area contributed by atoms with Gasteiger partial charge in [-0.3, -0.25) is 0 Å². The van der Waals surface area contributed by atoms with Crippen molar-refractivity contribution in [2.75, 3.05) is 12.3 Å². The highest BCUT2D eigenvalue weighted by molar-refractivity contribution is 7.59. The lowest BCUT2D eigenvalue weighted by Gasteiger charge is -2.11. The first-order valence-corrected chi connectivity index (χ1v) is 5.66. The maximum Gasteiger partial charge on any atom is -0.0173 e. The van der Waals surface area contributed by atoms with E-state index in [4.69, 9.17) is 0 Å². The van der Waals surface area contributed by atoms with Crippen LogP contribution in [0.4, 0.5) is 0 Å². The van der Waals surface area contributed by atoms with E-state index in [2.05, 4.69) is 26.9 Å². The molecule has 0 N–H and O–H groups in total. The van der Waals surface area contributed by atoms with Crippen LogP contribution in [0.15, 0.2) is 0 Å². The van der Waals surface area contributed by atoms with Crippen LogP contribution in [0.2, 0.25) is 0 Å². The van der Waals surface area contributed by atoms with Crippen LogP contribution >= 0.6 is 7.92 Å². The summed E-state index contributed by atoms with van der Waals surface area (Å²) in [5, 5.41) is 0. The van der Waals surface area contributed by atoms with E-state index in [-0.39, 0.29) is 0 Å². The molecule has 0 nitrogen and oxygen atoms in total. The van der Waals surface area contributed by atoms with Crippen molar-refractivity contribution >= 4 is 7.92 Å². The molecule has 1 heteroatoms. The normalized spacial score (nSPS) is 10.7. The van der Waals surface area contributed by atoms with Crippen LogP contribution in [0.25, 0.3) is 0 Å². The molecule has 0 unspecified atom stereocenters. The zero-order valence-corrected chi connectivity index (χ0v) is 7.75. The van der Waals surface area contributed by atoms with E-state index in [1.165, 1.54) is 25.2 Å². The van der Waals surface area contributed by atoms with Crippen LogP contribution in [-0.4, -0.2) is 12.3 Å². The molecule has 0 saturated carbocycles. The molecule has 0 atom stereocenters. The molecular formula is C8H18P. The van der Waals surface area contributed by atoms with Gasteiger partial charge in [-0.1, -0.05) is 33.6 Å². The molecule has 0 bridgehead atoms. The predicted octanol–water partition coefficient (Wildman–Crippen LogP) is 3.47. The van der Waals surface area contributed by atoms with E-state index in [9.17, 15) is 0 Å². The average molecular weight is 145 g/mol. The van der Waals surface area contributed by atoms with Gasteiger partial charge in [0.1, 0.15) is 0 Å². The van der Waals surface area contributed by atoms with Crippen molar-refractivity contribution in [2.45, 2.75) is 33.6 Å². The van der Waals surface area contributed by atoms with E-state index in [1.807, 2.05) is 0 Å². The Bertz CT molecular complexity index is 46.5. The Hall–Kier alpha value is 0.430. The van der Waals surface area contributed by atoms with Gasteiger partial charge in [0.2, 0.25) is 0 Å². The summed E-state index contributed by atoms with van der Waals surface area (Å²) in [4.78, 5) is 0. The van der Waals surface area contributed by atoms with Crippen molar-refractivity contribution in [3.63, 3.8) is 0 Å². The summed E-state index contributed by atoms with van der Waals surface area (Å²) in [6, 6.07) is 0. The largest absolute Gasteiger partial charge is 0.103 e. The second kappa shape index (κ2) is 6.55. The first-order chi connectivity index (χ1) is 4.35. The first-order valence-electron chi connectivity index (χ1n) is 3.88. The van der Waals surface area contributed by atoms with Gasteiger partial charge in [0.25, 0.3) is 0 Å². The number of rotatable bonds is 5. The van der Waals surface area contributed by atoms with E-state index in [0.717, 1.165) is 0 Å². The van der Waals surface area contributed by atoms with Crippen LogP contribution in [0.1, 0.15) is 33.6 Å². The van der Waals surface area contributed by atoms with Crippen LogP contribution in [-0.2, 0) is 0 Å². The summed E-state index contributed by atoms with van der Waals surface area (Å²) in [6.45, 7) is 6.75. The number of hydrogen-bond donors (Lipinski definition) is 0. The predicted molar refractivity (Wildman–Crippen MR) is 47.2 cm³/mol. The Labute approximate surface area is 60.8 Å². The van der Waals surface area contributed by atoms with E-state index in [0.29, 0.717) is 7.92 Å². The highest BCUT2D eigenvalue weighted by Gasteiger charge is 2.00. The molecule has 0 fully saturated rings. The summed E-state index contributed by atoms with van der Waals surface area (Å²) in [6.07, 6.45) is 8.01. The molecule has 9 heavy (non-hydrogen) atoms. The molecule has 0 spiro atoms. The second-order valence-corrected chi connectivity index (χ2v) is 4.88. The van der Waals surface area contributed by atoms with Gasteiger partial charge in [0.05, 0.1) is 0 Å². The van der Waals surface area contributed by atoms with Crippen molar-refractivity contribution in [3.8, 4) is 0 Å². The Morgan fingerprint density at radius 1 is 1.11 bits per heavy atom. The highest BCUT2D eigenvalue weighted by atomic mass is 31.1. The minimum absolute atomic E-state index is 0.316. The minimum atomic E-state index is 0.316. The summed E-state index contributed by atoms with van der Waals surface area (Å²) in [5.74, 6) is 0. The average Bonchev–Trinajstić information content (AvgIpc) is 1.88. The first kappa shape index (κ1) is 9.43. The standard InChI is InChI=1S/C8H18P/c1-4-7-9(6-3)8-5-2/h6H,4-5,7-8H2,1-3H3. The molecular weight excluding hydrogens is 127 g/mol. The van der Waals surface area contributed by atoms with Gasteiger partial charge in [-0.05, 0) is 18.5 Å². The topological polar surface area (TPSA) is 0 Å². The molecule has 1 radical (unpaired) electrons. The molecule has 0 aromatic heterocycles. The highest BCUT2D eigenvalue weighted by Crippen LogP contribution is 2.39. The van der Waals surface area contributed by atoms with E-state index >= 15 is 0 Å². The van der Waals surface area contributed by atoms with Crippen LogP contribution in [0.3, 0.4) is 0 Å². The smallest absolute Gasteiger partial charge is 0.0173 e. The third-order valence-electron chi connectivity index (χ3n) is 1.39. The third kappa shape index (κ3) is 4.90. The SMILES string of the molecule is C[CH]P(CCC)CCC. The maximum absolute atomic E-state index is 2.41. The fraction of sp³-hybridized carbons (Fsp3) is 0.875. The molecule has 0 heterocycles. The molecule has 0 rings (SSSR count). The van der Waals surface area contributed by atoms with Gasteiger partial charge >= 0.3 is 0 Å². The fourth-order valence-corrected chi connectivity index (χ4v) is 2.83. The lowest BCUT2D eigenvalue weighted by molar-refractivity contribution is 1.05. The van der Waals surface area contributed by atoms with Crippen molar-refractivity contribution in [1.82, 2.24) is 0 Å². The zero-order chi connectivity index (χ0) is 7.11. The third-order valence-corrected chi connectivity index (χ3v) is 4.16. The quantitative estimate of drug-likeness (QED) is 0.519. The molecule has 0 aliphatic heterocycles. The number of hydrogen-bond acceptors (Lipinski definition) is 0. The van der Waals surface area contributed by atoms with Crippen LogP contribution in [0, 0.1) is 6.16 Å². The van der Waals surface area contributed by atoms with Gasteiger partial charge in [-0.25, -0.2) is 0 Å². The van der Waals surface area contributed by atoms with Crippen LogP contribution in [0.5, 0.6) is 0 Å². The molecule has 0 aliphatic rings. The van der Waals surface area contributed by atoms with Gasteiger partial charge in [0.15, 0.2) is 0 Å². The fourth-order valence-electron chi connectivity index (χ4n) is 0.944. The molecule has 55 valence electrons.